The third kappa shape index (κ3) is 2.42. The summed E-state index contributed by atoms with van der Waals surface area (Å²) in [5.41, 5.74) is -0.160. The molecule has 1 aromatic carbocycles. The summed E-state index contributed by atoms with van der Waals surface area (Å²) >= 11 is 0. The molecule has 0 saturated carbocycles. The van der Waals surface area contributed by atoms with E-state index in [2.05, 4.69) is 5.32 Å². The van der Waals surface area contributed by atoms with E-state index in [0.717, 1.165) is 0 Å². The van der Waals surface area contributed by atoms with Crippen LogP contribution in [0.15, 0.2) is 12.1 Å². The maximum atomic E-state index is 10.9. The van der Waals surface area contributed by atoms with Gasteiger partial charge in [-0.15, -0.1) is 0 Å². The van der Waals surface area contributed by atoms with Gasteiger partial charge in [-0.2, -0.15) is 0 Å². The molecule has 0 radical (unpaired) electrons. The minimum absolute atomic E-state index is 0.0895. The van der Waals surface area contributed by atoms with Crippen molar-refractivity contribution in [2.24, 2.45) is 0 Å². The number of hydrogen-bond acceptors (Lipinski definition) is 6. The zero-order valence-corrected chi connectivity index (χ0v) is 9.21. The molecule has 18 heavy (non-hydrogen) atoms. The van der Waals surface area contributed by atoms with Gasteiger partial charge in [0, 0.05) is 6.07 Å². The molecule has 1 aromatic rings. The molecule has 1 aliphatic heterocycles. The maximum absolute atomic E-state index is 10.9. The second-order valence-electron chi connectivity index (χ2n) is 3.52. The van der Waals surface area contributed by atoms with Crippen molar-refractivity contribution in [1.82, 2.24) is 0 Å². The van der Waals surface area contributed by atoms with Crippen LogP contribution in [0.25, 0.3) is 0 Å². The number of ether oxygens (including phenoxy) is 2. The number of aliphatic carboxylic acids is 1. The summed E-state index contributed by atoms with van der Waals surface area (Å²) in [7, 11) is 0. The van der Waals surface area contributed by atoms with Crippen LogP contribution in [0.1, 0.15) is 0 Å². The van der Waals surface area contributed by atoms with Gasteiger partial charge in [0.1, 0.15) is 25.4 Å². The van der Waals surface area contributed by atoms with E-state index in [1.54, 1.807) is 0 Å². The van der Waals surface area contributed by atoms with Gasteiger partial charge < -0.3 is 19.9 Å². The van der Waals surface area contributed by atoms with Crippen molar-refractivity contribution in [2.45, 2.75) is 0 Å². The zero-order chi connectivity index (χ0) is 13.1. The fraction of sp³-hybridized carbons (Fsp3) is 0.300. The summed E-state index contributed by atoms with van der Waals surface area (Å²) in [5.74, 6) is -0.465. The summed E-state index contributed by atoms with van der Waals surface area (Å²) < 4.78 is 10.5. The first-order valence-electron chi connectivity index (χ1n) is 5.11. The highest BCUT2D eigenvalue weighted by atomic mass is 16.6. The van der Waals surface area contributed by atoms with E-state index in [1.807, 2.05) is 0 Å². The molecule has 0 fully saturated rings. The largest absolute Gasteiger partial charge is 0.486 e. The maximum Gasteiger partial charge on any atom is 0.322 e. The standard InChI is InChI=1S/C10H10N2O6/c13-10(14)5-11-6-3-8-9(18-2-1-17-8)4-7(6)12(15)16/h3-4,11H,1-2,5H2,(H,13,14). The Morgan fingerprint density at radius 2 is 2.00 bits per heavy atom. The molecule has 8 nitrogen and oxygen atoms in total. The second kappa shape index (κ2) is 4.78. The van der Waals surface area contributed by atoms with Gasteiger partial charge in [-0.05, 0) is 0 Å². The third-order valence-corrected chi connectivity index (χ3v) is 2.29. The number of hydrogen-bond donors (Lipinski definition) is 2. The number of rotatable bonds is 4. The van der Waals surface area contributed by atoms with Crippen LogP contribution in [0.5, 0.6) is 11.5 Å². The predicted octanol–water partition coefficient (Wildman–Crippen LogP) is 0.863. The molecule has 0 amide bonds. The van der Waals surface area contributed by atoms with Crippen LogP contribution in [-0.2, 0) is 4.79 Å². The van der Waals surface area contributed by atoms with Gasteiger partial charge in [-0.1, -0.05) is 0 Å². The number of nitro benzene ring substituents is 1. The molecule has 8 heteroatoms. The fourth-order valence-electron chi connectivity index (χ4n) is 1.54. The molecule has 0 aliphatic carbocycles. The van der Waals surface area contributed by atoms with Gasteiger partial charge in [-0.3, -0.25) is 14.9 Å². The van der Waals surface area contributed by atoms with Crippen LogP contribution < -0.4 is 14.8 Å². The number of nitrogens with one attached hydrogen (secondary N) is 1. The number of carboxylic acid groups (broad SMARTS) is 1. The van der Waals surface area contributed by atoms with Crippen molar-refractivity contribution in [2.75, 3.05) is 25.1 Å². The molecule has 1 aliphatic rings. The number of nitrogens with zero attached hydrogens (tertiary/aromatic N) is 1. The molecule has 0 aromatic heterocycles. The van der Waals surface area contributed by atoms with Gasteiger partial charge in [0.05, 0.1) is 11.0 Å². The summed E-state index contributed by atoms with van der Waals surface area (Å²) in [5, 5.41) is 21.9. The SMILES string of the molecule is O=C(O)CNc1cc2c(cc1[N+](=O)[O-])OCCO2. The molecule has 96 valence electrons. The third-order valence-electron chi connectivity index (χ3n) is 2.29. The van der Waals surface area contributed by atoms with Crippen molar-refractivity contribution in [3.05, 3.63) is 22.2 Å². The summed E-state index contributed by atoms with van der Waals surface area (Å²) in [6, 6.07) is 2.59. The molecule has 0 atom stereocenters. The van der Waals surface area contributed by atoms with E-state index in [9.17, 15) is 14.9 Å². The lowest BCUT2D eigenvalue weighted by atomic mass is 10.2. The van der Waals surface area contributed by atoms with Gasteiger partial charge in [0.15, 0.2) is 11.5 Å². The Bertz CT molecular complexity index is 501. The van der Waals surface area contributed by atoms with E-state index in [-0.39, 0.29) is 17.1 Å². The first kappa shape index (κ1) is 12.0. The predicted molar refractivity (Wildman–Crippen MR) is 60.2 cm³/mol. The zero-order valence-electron chi connectivity index (χ0n) is 9.21. The lowest BCUT2D eigenvalue weighted by Gasteiger charge is -2.19. The smallest absolute Gasteiger partial charge is 0.322 e. The summed E-state index contributed by atoms with van der Waals surface area (Å²) in [6.45, 7) is 0.260. The summed E-state index contributed by atoms with van der Waals surface area (Å²) in [4.78, 5) is 20.7. The molecular weight excluding hydrogens is 244 g/mol. The van der Waals surface area contributed by atoms with E-state index in [1.165, 1.54) is 12.1 Å². The lowest BCUT2D eigenvalue weighted by molar-refractivity contribution is -0.384. The van der Waals surface area contributed by atoms with Crippen molar-refractivity contribution < 1.29 is 24.3 Å². The first-order chi connectivity index (χ1) is 8.58. The van der Waals surface area contributed by atoms with Crippen molar-refractivity contribution in [1.29, 1.82) is 0 Å². The van der Waals surface area contributed by atoms with Gasteiger partial charge in [0.2, 0.25) is 0 Å². The normalized spacial score (nSPS) is 12.9. The minimum Gasteiger partial charge on any atom is -0.486 e. The number of anilines is 1. The number of benzene rings is 1. The molecule has 0 saturated heterocycles. The van der Waals surface area contributed by atoms with Crippen molar-refractivity contribution in [3.8, 4) is 11.5 Å². The molecule has 0 unspecified atom stereocenters. The highest BCUT2D eigenvalue weighted by Gasteiger charge is 2.22. The summed E-state index contributed by atoms with van der Waals surface area (Å²) in [6.07, 6.45) is 0. The Kier molecular flexibility index (Phi) is 3.18. The van der Waals surface area contributed by atoms with Gasteiger partial charge >= 0.3 is 5.97 Å². The van der Waals surface area contributed by atoms with E-state index in [0.29, 0.717) is 19.0 Å². The fourth-order valence-corrected chi connectivity index (χ4v) is 1.54. The number of carbonyl (C=O) groups is 1. The van der Waals surface area contributed by atoms with E-state index in [4.69, 9.17) is 14.6 Å². The number of nitro groups is 1. The Morgan fingerprint density at radius 1 is 1.39 bits per heavy atom. The lowest BCUT2D eigenvalue weighted by Crippen LogP contribution is -2.17. The Hall–Kier alpha value is -2.51. The van der Waals surface area contributed by atoms with E-state index >= 15 is 0 Å². The van der Waals surface area contributed by atoms with Crippen LogP contribution in [0.4, 0.5) is 11.4 Å². The molecule has 2 rings (SSSR count). The molecular formula is C10H10N2O6. The Labute approximate surface area is 101 Å². The minimum atomic E-state index is -1.11. The second-order valence-corrected chi connectivity index (χ2v) is 3.52. The molecule has 0 spiro atoms. The molecule has 1 heterocycles. The highest BCUT2D eigenvalue weighted by molar-refractivity contribution is 5.76. The number of fused-ring (bicyclic) bond motifs is 1. The molecule has 2 N–H and O–H groups in total. The van der Waals surface area contributed by atoms with Crippen LogP contribution in [0.2, 0.25) is 0 Å². The van der Waals surface area contributed by atoms with Crippen molar-refractivity contribution in [3.63, 3.8) is 0 Å². The Balaban J connectivity index is 2.35. The molecule has 0 bridgehead atoms. The topological polar surface area (TPSA) is 111 Å². The van der Waals surface area contributed by atoms with E-state index < -0.39 is 17.4 Å². The van der Waals surface area contributed by atoms with Gasteiger partial charge in [-0.25, -0.2) is 0 Å². The Morgan fingerprint density at radius 3 is 2.56 bits per heavy atom. The van der Waals surface area contributed by atoms with Crippen molar-refractivity contribution >= 4 is 17.3 Å². The monoisotopic (exact) mass is 254 g/mol. The van der Waals surface area contributed by atoms with Crippen LogP contribution >= 0.6 is 0 Å². The first-order valence-corrected chi connectivity index (χ1v) is 5.11. The highest BCUT2D eigenvalue weighted by Crippen LogP contribution is 2.39. The quantitative estimate of drug-likeness (QED) is 0.605. The van der Waals surface area contributed by atoms with Crippen LogP contribution in [0.3, 0.4) is 0 Å². The average Bonchev–Trinajstić information content (AvgIpc) is 2.35. The van der Waals surface area contributed by atoms with Crippen LogP contribution in [0, 0.1) is 10.1 Å². The van der Waals surface area contributed by atoms with Gasteiger partial charge in [0.25, 0.3) is 5.69 Å². The average molecular weight is 254 g/mol. The number of carboxylic acids is 1. The van der Waals surface area contributed by atoms with Crippen LogP contribution in [-0.4, -0.2) is 35.8 Å².